The van der Waals surface area contributed by atoms with E-state index in [1.54, 1.807) is 12.1 Å². The van der Waals surface area contributed by atoms with E-state index in [2.05, 4.69) is 0 Å². The number of nitrogens with one attached hydrogen (secondary N) is 1. The number of urea groups is 1. The highest BCUT2D eigenvalue weighted by Crippen LogP contribution is 2.27. The van der Waals surface area contributed by atoms with E-state index >= 15 is 0 Å². The quantitative estimate of drug-likeness (QED) is 0.620. The fourth-order valence-corrected chi connectivity index (χ4v) is 3.79. The number of benzene rings is 1. The highest BCUT2D eigenvalue weighted by atomic mass is 35.5. The number of hydrogen-bond donors (Lipinski definition) is 1. The van der Waals surface area contributed by atoms with Crippen LogP contribution in [-0.2, 0) is 16.1 Å². The fraction of sp³-hybridized carbons (Fsp3) is 0.471. The topological polar surface area (TPSA) is 62.1 Å². The second-order valence-corrected chi connectivity index (χ2v) is 7.48. The summed E-state index contributed by atoms with van der Waals surface area (Å²) in [5, 5.41) is 0.939. The van der Waals surface area contributed by atoms with Gasteiger partial charge in [0.05, 0.1) is 17.1 Å². The average molecular weight is 385 g/mol. The molecule has 1 aliphatic carbocycles. The zero-order valence-corrected chi connectivity index (χ0v) is 15.4. The molecule has 134 valence electrons. The van der Waals surface area contributed by atoms with Crippen molar-refractivity contribution in [1.29, 1.82) is 0 Å². The van der Waals surface area contributed by atoms with Gasteiger partial charge in [0, 0.05) is 11.6 Å². The molecule has 1 aromatic rings. The van der Waals surface area contributed by atoms with Crippen molar-refractivity contribution < 1.29 is 19.3 Å². The molecule has 0 spiro atoms. The molecule has 1 unspecified atom stereocenters. The monoisotopic (exact) mass is 384 g/mol. The van der Waals surface area contributed by atoms with Crippen LogP contribution in [0.15, 0.2) is 18.2 Å². The third-order valence-corrected chi connectivity index (χ3v) is 5.43. The highest BCUT2D eigenvalue weighted by Gasteiger charge is 2.49. The van der Waals surface area contributed by atoms with Gasteiger partial charge in [-0.15, -0.1) is 0 Å². The van der Waals surface area contributed by atoms with Crippen molar-refractivity contribution in [2.45, 2.75) is 38.3 Å². The second-order valence-electron chi connectivity index (χ2n) is 6.67. The zero-order valence-electron chi connectivity index (χ0n) is 13.9. The molecule has 4 amide bonds. The molecule has 8 heteroatoms. The van der Waals surface area contributed by atoms with Crippen molar-refractivity contribution in [2.75, 3.05) is 13.7 Å². The first-order chi connectivity index (χ1) is 11.9. The summed E-state index contributed by atoms with van der Waals surface area (Å²) in [6, 6.07) is 4.70. The maximum atomic E-state index is 12.6. The van der Waals surface area contributed by atoms with Gasteiger partial charge in [0.1, 0.15) is 6.54 Å². The molecule has 1 atom stereocenters. The number of halogens is 2. The summed E-state index contributed by atoms with van der Waals surface area (Å²) in [6.07, 6.45) is 3.53. The summed E-state index contributed by atoms with van der Waals surface area (Å²) in [5.74, 6) is -1.43. The Morgan fingerprint density at radius 2 is 1.76 bits per heavy atom. The van der Waals surface area contributed by atoms with Gasteiger partial charge in [-0.3, -0.25) is 14.5 Å². The van der Waals surface area contributed by atoms with E-state index in [0.29, 0.717) is 16.6 Å². The number of carbonyl (C=O) groups excluding carboxylic acids is 3. The molecule has 0 aromatic heterocycles. The highest BCUT2D eigenvalue weighted by molar-refractivity contribution is 6.44. The smallest absolute Gasteiger partial charge is 0.316 e. The Bertz CT molecular complexity index is 719. The van der Waals surface area contributed by atoms with E-state index < -0.39 is 17.8 Å². The fourth-order valence-electron chi connectivity index (χ4n) is 3.47. The summed E-state index contributed by atoms with van der Waals surface area (Å²) in [6.45, 7) is 0.679. The number of hydrogen-bond acceptors (Lipinski definition) is 3. The van der Waals surface area contributed by atoms with Gasteiger partial charge in [0.15, 0.2) is 6.67 Å². The van der Waals surface area contributed by atoms with E-state index in [0.717, 1.165) is 45.9 Å². The lowest BCUT2D eigenvalue weighted by Crippen LogP contribution is -3.09. The van der Waals surface area contributed by atoms with E-state index in [4.69, 9.17) is 23.2 Å². The van der Waals surface area contributed by atoms with Crippen molar-refractivity contribution in [3.63, 3.8) is 0 Å². The first-order valence-electron chi connectivity index (χ1n) is 8.32. The summed E-state index contributed by atoms with van der Waals surface area (Å²) in [4.78, 5) is 40.1. The predicted molar refractivity (Wildman–Crippen MR) is 93.3 cm³/mol. The molecule has 0 bridgehead atoms. The minimum absolute atomic E-state index is 0.132. The minimum atomic E-state index is -0.731. The Balaban J connectivity index is 1.66. The van der Waals surface area contributed by atoms with Gasteiger partial charge < -0.3 is 4.90 Å². The molecule has 1 saturated heterocycles. The third-order valence-electron chi connectivity index (χ3n) is 4.69. The van der Waals surface area contributed by atoms with Crippen molar-refractivity contribution in [1.82, 2.24) is 9.80 Å². The second kappa shape index (κ2) is 7.32. The standard InChI is InChI=1S/C17H19Cl2N3O3/c1-20(9-11-6-7-13(18)14(19)8-11)10-21-15(23)16(24)22(17(21)25)12-4-2-3-5-12/h6-8,12H,2-5,9-10H2,1H3/p+1. The molecule has 3 rings (SSSR count). The Labute approximate surface area is 156 Å². The van der Waals surface area contributed by atoms with E-state index in [1.807, 2.05) is 13.1 Å². The Morgan fingerprint density at radius 3 is 2.40 bits per heavy atom. The maximum Gasteiger partial charge on any atom is 0.338 e. The van der Waals surface area contributed by atoms with Gasteiger partial charge in [-0.2, -0.15) is 0 Å². The van der Waals surface area contributed by atoms with Gasteiger partial charge in [-0.25, -0.2) is 9.69 Å². The Kier molecular flexibility index (Phi) is 5.32. The minimum Gasteiger partial charge on any atom is -0.316 e. The molecular weight excluding hydrogens is 365 g/mol. The normalized spacial score (nSPS) is 20.0. The van der Waals surface area contributed by atoms with Crippen molar-refractivity contribution >= 4 is 41.0 Å². The molecule has 1 N–H and O–H groups in total. The molecule has 2 fully saturated rings. The van der Waals surface area contributed by atoms with Gasteiger partial charge in [-0.05, 0) is 25.0 Å². The summed E-state index contributed by atoms with van der Waals surface area (Å²) >= 11 is 11.9. The van der Waals surface area contributed by atoms with Gasteiger partial charge in [-0.1, -0.05) is 42.1 Å². The average Bonchev–Trinajstić information content (AvgIpc) is 3.15. The molecule has 6 nitrogen and oxygen atoms in total. The first-order valence-corrected chi connectivity index (χ1v) is 9.08. The zero-order chi connectivity index (χ0) is 18.1. The van der Waals surface area contributed by atoms with Crippen LogP contribution in [0.1, 0.15) is 31.2 Å². The third kappa shape index (κ3) is 3.66. The summed E-state index contributed by atoms with van der Waals surface area (Å²) < 4.78 is 0. The molecule has 2 aliphatic rings. The lowest BCUT2D eigenvalue weighted by molar-refractivity contribution is -0.901. The van der Waals surface area contributed by atoms with Crippen LogP contribution in [0.4, 0.5) is 4.79 Å². The number of nitrogens with zero attached hydrogens (tertiary/aromatic N) is 2. The van der Waals surface area contributed by atoms with Crippen LogP contribution in [-0.4, -0.2) is 47.4 Å². The molecule has 1 saturated carbocycles. The number of carbonyl (C=O) groups is 3. The van der Waals surface area contributed by atoms with Crippen molar-refractivity contribution in [3.05, 3.63) is 33.8 Å². The summed E-state index contributed by atoms with van der Waals surface area (Å²) in [5.41, 5.74) is 0.935. The number of rotatable bonds is 5. The largest absolute Gasteiger partial charge is 0.338 e. The van der Waals surface area contributed by atoms with Gasteiger partial charge in [0.25, 0.3) is 0 Å². The number of quaternary nitrogens is 1. The predicted octanol–water partition coefficient (Wildman–Crippen LogP) is 1.70. The van der Waals surface area contributed by atoms with Crippen molar-refractivity contribution in [3.8, 4) is 0 Å². The SMILES string of the molecule is C[NH+](Cc1ccc(Cl)c(Cl)c1)CN1C(=O)C(=O)N(C2CCCC2)C1=O. The number of imide groups is 2. The van der Waals surface area contributed by atoms with Crippen LogP contribution in [0.25, 0.3) is 0 Å². The van der Waals surface area contributed by atoms with E-state index in [9.17, 15) is 14.4 Å². The van der Waals surface area contributed by atoms with Crippen LogP contribution in [0.5, 0.6) is 0 Å². The molecule has 1 aliphatic heterocycles. The molecule has 1 aromatic carbocycles. The molecular formula is C17H20Cl2N3O3+. The van der Waals surface area contributed by atoms with Crippen LogP contribution in [0, 0.1) is 0 Å². The maximum absolute atomic E-state index is 12.6. The lowest BCUT2D eigenvalue weighted by atomic mass is 10.2. The van der Waals surface area contributed by atoms with Crippen LogP contribution < -0.4 is 4.90 Å². The van der Waals surface area contributed by atoms with Crippen LogP contribution >= 0.6 is 23.2 Å². The molecule has 25 heavy (non-hydrogen) atoms. The summed E-state index contributed by atoms with van der Waals surface area (Å²) in [7, 11) is 1.85. The first kappa shape index (κ1) is 18.2. The lowest BCUT2D eigenvalue weighted by Gasteiger charge is -2.22. The van der Waals surface area contributed by atoms with Crippen molar-refractivity contribution in [2.24, 2.45) is 0 Å². The molecule has 0 radical (unpaired) electrons. The Hall–Kier alpha value is -1.63. The van der Waals surface area contributed by atoms with E-state index in [1.165, 1.54) is 0 Å². The van der Waals surface area contributed by atoms with Crippen LogP contribution in [0.2, 0.25) is 10.0 Å². The number of amides is 4. The molecule has 1 heterocycles. The van der Waals surface area contributed by atoms with Gasteiger partial charge in [0.2, 0.25) is 0 Å². The van der Waals surface area contributed by atoms with Crippen LogP contribution in [0.3, 0.4) is 0 Å². The van der Waals surface area contributed by atoms with Gasteiger partial charge >= 0.3 is 17.8 Å². The Morgan fingerprint density at radius 1 is 1.08 bits per heavy atom. The van der Waals surface area contributed by atoms with E-state index in [-0.39, 0.29) is 12.7 Å².